The Bertz CT molecular complexity index is 978. The van der Waals surface area contributed by atoms with Gasteiger partial charge in [0, 0.05) is 11.3 Å². The molecule has 156 valence electrons. The predicted octanol–water partition coefficient (Wildman–Crippen LogP) is 3.19. The Hall–Kier alpha value is -3.66. The fourth-order valence-electron chi connectivity index (χ4n) is 2.72. The lowest BCUT2D eigenvalue weighted by atomic mass is 10.0. The van der Waals surface area contributed by atoms with Crippen LogP contribution in [-0.2, 0) is 14.3 Å². The second-order valence-electron chi connectivity index (χ2n) is 7.33. The van der Waals surface area contributed by atoms with Gasteiger partial charge in [0.1, 0.15) is 6.04 Å². The Balaban J connectivity index is 2.02. The molecular formula is C23H25N3O4. The van der Waals surface area contributed by atoms with E-state index in [2.05, 4.69) is 10.6 Å². The highest BCUT2D eigenvalue weighted by Crippen LogP contribution is 2.13. The predicted molar refractivity (Wildman–Crippen MR) is 113 cm³/mol. The summed E-state index contributed by atoms with van der Waals surface area (Å²) in [6.45, 7) is 6.87. The van der Waals surface area contributed by atoms with Crippen molar-refractivity contribution in [3.63, 3.8) is 0 Å². The SMILES string of the molecule is Cc1cccc(C(=O)NC(C(=O)OC(C)C(=O)Nc2cccc(C#N)c2)C(C)C)c1. The van der Waals surface area contributed by atoms with Crippen molar-refractivity contribution in [2.75, 3.05) is 5.32 Å². The Labute approximate surface area is 176 Å². The number of carbonyl (C=O) groups is 3. The highest BCUT2D eigenvalue weighted by Gasteiger charge is 2.29. The number of hydrogen-bond donors (Lipinski definition) is 2. The van der Waals surface area contributed by atoms with Gasteiger partial charge >= 0.3 is 5.97 Å². The standard InChI is InChI=1S/C23H25N3O4/c1-14(2)20(26-22(28)18-9-5-7-15(3)11-18)23(29)30-16(4)21(27)25-19-10-6-8-17(12-19)13-24/h5-12,14,16,20H,1-4H3,(H,25,27)(H,26,28). The van der Waals surface area contributed by atoms with Gasteiger partial charge in [0.05, 0.1) is 11.6 Å². The summed E-state index contributed by atoms with van der Waals surface area (Å²) < 4.78 is 5.29. The molecule has 7 nitrogen and oxygen atoms in total. The molecular weight excluding hydrogens is 382 g/mol. The monoisotopic (exact) mass is 407 g/mol. The van der Waals surface area contributed by atoms with Crippen molar-refractivity contribution in [2.45, 2.75) is 39.8 Å². The van der Waals surface area contributed by atoms with Crippen molar-refractivity contribution in [3.05, 3.63) is 65.2 Å². The number of hydrogen-bond acceptors (Lipinski definition) is 5. The van der Waals surface area contributed by atoms with E-state index in [1.165, 1.54) is 13.0 Å². The number of ether oxygens (including phenoxy) is 1. The summed E-state index contributed by atoms with van der Waals surface area (Å²) >= 11 is 0. The second-order valence-corrected chi connectivity index (χ2v) is 7.33. The number of esters is 1. The molecule has 0 fully saturated rings. The highest BCUT2D eigenvalue weighted by atomic mass is 16.5. The molecule has 2 N–H and O–H groups in total. The third kappa shape index (κ3) is 6.17. The minimum absolute atomic E-state index is 0.242. The maximum absolute atomic E-state index is 12.6. The van der Waals surface area contributed by atoms with E-state index in [0.29, 0.717) is 16.8 Å². The number of nitrogens with zero attached hydrogens (tertiary/aromatic N) is 1. The molecule has 0 saturated heterocycles. The van der Waals surface area contributed by atoms with Gasteiger partial charge in [-0.2, -0.15) is 5.26 Å². The van der Waals surface area contributed by atoms with Crippen LogP contribution in [0.4, 0.5) is 5.69 Å². The molecule has 0 aliphatic heterocycles. The normalized spacial score (nSPS) is 12.4. The van der Waals surface area contributed by atoms with Crippen molar-refractivity contribution in [2.24, 2.45) is 5.92 Å². The molecule has 2 aromatic rings. The van der Waals surface area contributed by atoms with E-state index in [9.17, 15) is 14.4 Å². The quantitative estimate of drug-likeness (QED) is 0.685. The molecule has 2 aromatic carbocycles. The fourth-order valence-corrected chi connectivity index (χ4v) is 2.72. The zero-order chi connectivity index (χ0) is 22.3. The molecule has 0 radical (unpaired) electrons. The van der Waals surface area contributed by atoms with E-state index >= 15 is 0 Å². The third-order valence-electron chi connectivity index (χ3n) is 4.41. The Morgan fingerprint density at radius 3 is 2.37 bits per heavy atom. The smallest absolute Gasteiger partial charge is 0.329 e. The summed E-state index contributed by atoms with van der Waals surface area (Å²) in [6.07, 6.45) is -1.08. The van der Waals surface area contributed by atoms with Crippen LogP contribution in [0.1, 0.15) is 42.3 Å². The van der Waals surface area contributed by atoms with E-state index in [1.54, 1.807) is 50.2 Å². The van der Waals surface area contributed by atoms with Gasteiger partial charge in [-0.25, -0.2) is 4.79 Å². The molecule has 0 heterocycles. The molecule has 0 aliphatic rings. The molecule has 0 saturated carbocycles. The average Bonchev–Trinajstić information content (AvgIpc) is 2.71. The first-order valence-corrected chi connectivity index (χ1v) is 9.60. The van der Waals surface area contributed by atoms with E-state index in [-0.39, 0.29) is 11.8 Å². The van der Waals surface area contributed by atoms with E-state index < -0.39 is 24.0 Å². The summed E-state index contributed by atoms with van der Waals surface area (Å²) in [5, 5.41) is 14.2. The minimum Gasteiger partial charge on any atom is -0.451 e. The minimum atomic E-state index is -1.08. The highest BCUT2D eigenvalue weighted by molar-refractivity contribution is 5.98. The Kier molecular flexibility index (Phi) is 7.70. The largest absolute Gasteiger partial charge is 0.451 e. The van der Waals surface area contributed by atoms with Crippen LogP contribution in [0.2, 0.25) is 0 Å². The molecule has 2 unspecified atom stereocenters. The summed E-state index contributed by atoms with van der Waals surface area (Å²) in [5.74, 6) is -1.86. The molecule has 2 amide bonds. The lowest BCUT2D eigenvalue weighted by Crippen LogP contribution is -2.47. The molecule has 0 bridgehead atoms. The number of amides is 2. The second kappa shape index (κ2) is 10.2. The van der Waals surface area contributed by atoms with Crippen molar-refractivity contribution in [3.8, 4) is 6.07 Å². The molecule has 0 spiro atoms. The van der Waals surface area contributed by atoms with Crippen molar-refractivity contribution < 1.29 is 19.1 Å². The number of aryl methyl sites for hydroxylation is 1. The van der Waals surface area contributed by atoms with Crippen LogP contribution in [-0.4, -0.2) is 29.9 Å². The number of benzene rings is 2. The maximum Gasteiger partial charge on any atom is 0.329 e. The van der Waals surface area contributed by atoms with Gasteiger partial charge in [-0.1, -0.05) is 37.6 Å². The Morgan fingerprint density at radius 1 is 1.03 bits per heavy atom. The first kappa shape index (κ1) is 22.6. The van der Waals surface area contributed by atoms with Crippen LogP contribution in [0.5, 0.6) is 0 Å². The van der Waals surface area contributed by atoms with Crippen LogP contribution in [0, 0.1) is 24.2 Å². The van der Waals surface area contributed by atoms with Crippen LogP contribution in [0.3, 0.4) is 0 Å². The van der Waals surface area contributed by atoms with E-state index in [0.717, 1.165) is 5.56 Å². The van der Waals surface area contributed by atoms with Crippen molar-refractivity contribution in [1.29, 1.82) is 5.26 Å². The van der Waals surface area contributed by atoms with Gasteiger partial charge in [0.15, 0.2) is 6.10 Å². The number of carbonyl (C=O) groups excluding carboxylic acids is 3. The summed E-state index contributed by atoms with van der Waals surface area (Å²) in [5.41, 5.74) is 2.19. The van der Waals surface area contributed by atoms with Crippen molar-refractivity contribution in [1.82, 2.24) is 5.32 Å². The molecule has 0 aliphatic carbocycles. The molecule has 0 aromatic heterocycles. The van der Waals surface area contributed by atoms with E-state index in [1.807, 2.05) is 19.1 Å². The summed E-state index contributed by atoms with van der Waals surface area (Å²) in [7, 11) is 0. The fraction of sp³-hybridized carbons (Fsp3) is 0.304. The summed E-state index contributed by atoms with van der Waals surface area (Å²) in [4.78, 5) is 37.5. The topological polar surface area (TPSA) is 108 Å². The van der Waals surface area contributed by atoms with Gasteiger partial charge in [0.2, 0.25) is 0 Å². The Morgan fingerprint density at radius 2 is 1.73 bits per heavy atom. The first-order valence-electron chi connectivity index (χ1n) is 9.60. The van der Waals surface area contributed by atoms with Crippen LogP contribution in [0.25, 0.3) is 0 Å². The van der Waals surface area contributed by atoms with Gasteiger partial charge in [-0.3, -0.25) is 9.59 Å². The molecule has 30 heavy (non-hydrogen) atoms. The lowest BCUT2D eigenvalue weighted by Gasteiger charge is -2.23. The third-order valence-corrected chi connectivity index (χ3v) is 4.41. The van der Waals surface area contributed by atoms with Gasteiger partial charge in [-0.05, 0) is 50.1 Å². The zero-order valence-electron chi connectivity index (χ0n) is 17.4. The first-order chi connectivity index (χ1) is 14.2. The number of anilines is 1. The maximum atomic E-state index is 12.6. The summed E-state index contributed by atoms with van der Waals surface area (Å²) in [6, 6.07) is 14.5. The average molecular weight is 407 g/mol. The molecule has 2 atom stereocenters. The number of nitrogens with one attached hydrogen (secondary N) is 2. The molecule has 2 rings (SSSR count). The zero-order valence-corrected chi connectivity index (χ0v) is 17.4. The van der Waals surface area contributed by atoms with Gasteiger partial charge in [0.25, 0.3) is 11.8 Å². The van der Waals surface area contributed by atoms with Crippen LogP contribution < -0.4 is 10.6 Å². The lowest BCUT2D eigenvalue weighted by molar-refractivity contribution is -0.156. The number of rotatable bonds is 7. The van der Waals surface area contributed by atoms with Crippen LogP contribution >= 0.6 is 0 Å². The van der Waals surface area contributed by atoms with Gasteiger partial charge in [-0.15, -0.1) is 0 Å². The van der Waals surface area contributed by atoms with E-state index in [4.69, 9.17) is 10.00 Å². The van der Waals surface area contributed by atoms with Gasteiger partial charge < -0.3 is 15.4 Å². The number of nitriles is 1. The van der Waals surface area contributed by atoms with Crippen molar-refractivity contribution >= 4 is 23.5 Å². The van der Waals surface area contributed by atoms with Crippen LogP contribution in [0.15, 0.2) is 48.5 Å². The molecule has 7 heteroatoms.